The lowest BCUT2D eigenvalue weighted by Gasteiger charge is -2.30. The molecule has 0 amide bonds. The summed E-state index contributed by atoms with van der Waals surface area (Å²) in [7, 11) is 2.03. The van der Waals surface area contributed by atoms with E-state index in [1.165, 1.54) is 17.7 Å². The van der Waals surface area contributed by atoms with E-state index in [1.54, 1.807) is 0 Å². The summed E-state index contributed by atoms with van der Waals surface area (Å²) in [4.78, 5) is 6.94. The number of aliphatic hydroxyl groups is 1. The van der Waals surface area contributed by atoms with Crippen LogP contribution >= 0.6 is 0 Å². The zero-order valence-corrected chi connectivity index (χ0v) is 12.4. The van der Waals surface area contributed by atoms with Crippen molar-refractivity contribution < 1.29 is 5.11 Å². The molecule has 3 N–H and O–H groups in total. The van der Waals surface area contributed by atoms with Crippen molar-refractivity contribution in [2.75, 3.05) is 18.5 Å². The summed E-state index contributed by atoms with van der Waals surface area (Å²) < 4.78 is 0. The smallest absolute Gasteiger partial charge is 0.133 e. The average molecular weight is 275 g/mol. The Kier molecular flexibility index (Phi) is 3.69. The molecular weight excluding hydrogens is 250 g/mol. The van der Waals surface area contributed by atoms with Crippen molar-refractivity contribution >= 4 is 5.82 Å². The van der Waals surface area contributed by atoms with Gasteiger partial charge >= 0.3 is 0 Å². The fourth-order valence-electron chi connectivity index (χ4n) is 3.70. The van der Waals surface area contributed by atoms with E-state index in [1.807, 2.05) is 7.05 Å². The van der Waals surface area contributed by atoms with Crippen LogP contribution in [-0.4, -0.2) is 29.3 Å². The Labute approximate surface area is 121 Å². The van der Waals surface area contributed by atoms with Crippen LogP contribution in [-0.2, 0) is 19.4 Å². The van der Waals surface area contributed by atoms with E-state index in [4.69, 9.17) is 10.7 Å². The van der Waals surface area contributed by atoms with Crippen molar-refractivity contribution in [3.05, 3.63) is 22.9 Å². The van der Waals surface area contributed by atoms with Gasteiger partial charge in [0, 0.05) is 31.4 Å². The quantitative estimate of drug-likeness (QED) is 0.879. The standard InChI is InChI=1S/C16H25N3O/c1-19(11-16(20)7-2-3-8-16)15-13(10-17)9-12-5-4-6-14(12)18-15/h9,20H,2-8,10-11,17H2,1H3. The van der Waals surface area contributed by atoms with Gasteiger partial charge in [-0.1, -0.05) is 12.8 Å². The highest BCUT2D eigenvalue weighted by molar-refractivity contribution is 5.50. The normalized spacial score (nSPS) is 20.1. The zero-order chi connectivity index (χ0) is 14.2. The molecule has 0 aromatic carbocycles. The number of pyridine rings is 1. The highest BCUT2D eigenvalue weighted by Crippen LogP contribution is 2.32. The molecular formula is C16H25N3O. The van der Waals surface area contributed by atoms with Crippen LogP contribution in [0.1, 0.15) is 48.9 Å². The molecule has 1 aromatic heterocycles. The zero-order valence-electron chi connectivity index (χ0n) is 12.4. The largest absolute Gasteiger partial charge is 0.388 e. The first-order valence-electron chi connectivity index (χ1n) is 7.76. The van der Waals surface area contributed by atoms with Gasteiger partial charge < -0.3 is 15.7 Å². The molecule has 3 rings (SSSR count). The fraction of sp³-hybridized carbons (Fsp3) is 0.688. The predicted molar refractivity (Wildman–Crippen MR) is 80.8 cm³/mol. The first kappa shape index (κ1) is 13.8. The van der Waals surface area contributed by atoms with E-state index in [0.29, 0.717) is 13.1 Å². The van der Waals surface area contributed by atoms with E-state index in [9.17, 15) is 5.11 Å². The van der Waals surface area contributed by atoms with Crippen LogP contribution in [0, 0.1) is 0 Å². The summed E-state index contributed by atoms with van der Waals surface area (Å²) in [5.41, 5.74) is 9.05. The Morgan fingerprint density at radius 2 is 2.05 bits per heavy atom. The number of hydrogen-bond donors (Lipinski definition) is 2. The van der Waals surface area contributed by atoms with E-state index in [2.05, 4.69) is 11.0 Å². The Balaban J connectivity index is 1.85. The molecule has 0 bridgehead atoms. The number of anilines is 1. The van der Waals surface area contributed by atoms with Gasteiger partial charge in [0.25, 0.3) is 0 Å². The predicted octanol–water partition coefficient (Wildman–Crippen LogP) is 1.77. The SMILES string of the molecule is CN(CC1(O)CCCC1)c1nc2c(cc1CN)CCC2. The number of rotatable bonds is 4. The van der Waals surface area contributed by atoms with Crippen LogP contribution in [0.4, 0.5) is 5.82 Å². The molecule has 2 aliphatic carbocycles. The molecule has 4 nitrogen and oxygen atoms in total. The molecule has 0 aliphatic heterocycles. The minimum Gasteiger partial charge on any atom is -0.388 e. The van der Waals surface area contributed by atoms with Crippen LogP contribution in [0.25, 0.3) is 0 Å². The number of aromatic nitrogens is 1. The second kappa shape index (κ2) is 5.34. The maximum atomic E-state index is 10.6. The molecule has 0 saturated heterocycles. The third-order valence-corrected chi connectivity index (χ3v) is 4.75. The molecule has 1 fully saturated rings. The van der Waals surface area contributed by atoms with Crippen LogP contribution in [0.5, 0.6) is 0 Å². The third-order valence-electron chi connectivity index (χ3n) is 4.75. The highest BCUT2D eigenvalue weighted by atomic mass is 16.3. The van der Waals surface area contributed by atoms with Gasteiger partial charge in [-0.15, -0.1) is 0 Å². The average Bonchev–Trinajstić information content (AvgIpc) is 3.05. The van der Waals surface area contributed by atoms with E-state index >= 15 is 0 Å². The topological polar surface area (TPSA) is 62.4 Å². The Bertz CT molecular complexity index is 495. The minimum atomic E-state index is -0.540. The molecule has 0 radical (unpaired) electrons. The van der Waals surface area contributed by atoms with Gasteiger partial charge in [-0.3, -0.25) is 0 Å². The second-order valence-corrected chi connectivity index (χ2v) is 6.42. The molecule has 110 valence electrons. The van der Waals surface area contributed by atoms with Crippen molar-refractivity contribution in [1.29, 1.82) is 0 Å². The Morgan fingerprint density at radius 1 is 1.30 bits per heavy atom. The van der Waals surface area contributed by atoms with Gasteiger partial charge in [0.15, 0.2) is 0 Å². The summed E-state index contributed by atoms with van der Waals surface area (Å²) in [6.45, 7) is 1.17. The summed E-state index contributed by atoms with van der Waals surface area (Å²) in [5.74, 6) is 0.966. The third kappa shape index (κ3) is 2.54. The molecule has 0 atom stereocenters. The van der Waals surface area contributed by atoms with Gasteiger partial charge in [0.1, 0.15) is 5.82 Å². The maximum absolute atomic E-state index is 10.6. The van der Waals surface area contributed by atoms with Crippen molar-refractivity contribution in [1.82, 2.24) is 4.98 Å². The van der Waals surface area contributed by atoms with Crippen molar-refractivity contribution in [3.8, 4) is 0 Å². The number of fused-ring (bicyclic) bond motifs is 1. The first-order valence-corrected chi connectivity index (χ1v) is 7.76. The van der Waals surface area contributed by atoms with Gasteiger partial charge in [-0.2, -0.15) is 0 Å². The van der Waals surface area contributed by atoms with Crippen LogP contribution in [0.3, 0.4) is 0 Å². The minimum absolute atomic E-state index is 0.512. The molecule has 1 aromatic rings. The Morgan fingerprint density at radius 3 is 2.75 bits per heavy atom. The van der Waals surface area contributed by atoms with E-state index < -0.39 is 5.60 Å². The van der Waals surface area contributed by atoms with E-state index in [-0.39, 0.29) is 0 Å². The van der Waals surface area contributed by atoms with Crippen molar-refractivity contribution in [3.63, 3.8) is 0 Å². The van der Waals surface area contributed by atoms with Gasteiger partial charge in [-0.25, -0.2) is 4.98 Å². The number of nitrogens with two attached hydrogens (primary N) is 1. The fourth-order valence-corrected chi connectivity index (χ4v) is 3.70. The number of hydrogen-bond acceptors (Lipinski definition) is 4. The molecule has 4 heteroatoms. The maximum Gasteiger partial charge on any atom is 0.133 e. The van der Waals surface area contributed by atoms with Crippen molar-refractivity contribution in [2.45, 2.75) is 57.1 Å². The second-order valence-electron chi connectivity index (χ2n) is 6.42. The monoisotopic (exact) mass is 275 g/mol. The lowest BCUT2D eigenvalue weighted by molar-refractivity contribution is 0.0557. The first-order chi connectivity index (χ1) is 9.61. The Hall–Kier alpha value is -1.13. The summed E-state index contributed by atoms with van der Waals surface area (Å²) in [6, 6.07) is 2.22. The molecule has 1 saturated carbocycles. The number of nitrogens with zero attached hydrogens (tertiary/aromatic N) is 2. The number of likely N-dealkylation sites (N-methyl/N-ethyl adjacent to an activating group) is 1. The molecule has 0 unspecified atom stereocenters. The summed E-state index contributed by atoms with van der Waals surface area (Å²) >= 11 is 0. The van der Waals surface area contributed by atoms with Crippen molar-refractivity contribution in [2.24, 2.45) is 5.73 Å². The van der Waals surface area contributed by atoms with Crippen LogP contribution in [0.15, 0.2) is 6.07 Å². The lowest BCUT2D eigenvalue weighted by atomic mass is 10.0. The number of aryl methyl sites for hydroxylation is 2. The van der Waals surface area contributed by atoms with E-state index in [0.717, 1.165) is 49.9 Å². The van der Waals surface area contributed by atoms with Gasteiger partial charge in [0.2, 0.25) is 0 Å². The van der Waals surface area contributed by atoms with Crippen LogP contribution in [0.2, 0.25) is 0 Å². The highest BCUT2D eigenvalue weighted by Gasteiger charge is 2.33. The van der Waals surface area contributed by atoms with Crippen LogP contribution < -0.4 is 10.6 Å². The molecule has 1 heterocycles. The summed E-state index contributed by atoms with van der Waals surface area (Å²) in [6.07, 6.45) is 7.47. The van der Waals surface area contributed by atoms with Gasteiger partial charge in [-0.05, 0) is 43.7 Å². The summed E-state index contributed by atoms with van der Waals surface area (Å²) in [5, 5.41) is 10.6. The lowest BCUT2D eigenvalue weighted by Crippen LogP contribution is -2.40. The molecule has 2 aliphatic rings. The van der Waals surface area contributed by atoms with Gasteiger partial charge in [0.05, 0.1) is 5.60 Å². The molecule has 0 spiro atoms. The molecule has 20 heavy (non-hydrogen) atoms.